The SMILES string of the molecule is Cc1nn(C)c(CNC2CCCC2(C)C)c1Cl. The second-order valence-corrected chi connectivity index (χ2v) is 6.16. The van der Waals surface area contributed by atoms with Crippen molar-refractivity contribution >= 4 is 11.6 Å². The van der Waals surface area contributed by atoms with Crippen LogP contribution in [0.5, 0.6) is 0 Å². The van der Waals surface area contributed by atoms with Gasteiger partial charge in [0.1, 0.15) is 0 Å². The Morgan fingerprint density at radius 2 is 2.24 bits per heavy atom. The number of aromatic nitrogens is 2. The Hall–Kier alpha value is -0.540. The number of hydrogen-bond acceptors (Lipinski definition) is 2. The third-order valence-electron chi connectivity index (χ3n) is 4.03. The Balaban J connectivity index is 2.03. The van der Waals surface area contributed by atoms with E-state index in [1.807, 2.05) is 18.7 Å². The van der Waals surface area contributed by atoms with Gasteiger partial charge in [-0.2, -0.15) is 5.10 Å². The fourth-order valence-corrected chi connectivity index (χ4v) is 3.02. The smallest absolute Gasteiger partial charge is 0.0860 e. The summed E-state index contributed by atoms with van der Waals surface area (Å²) in [5.41, 5.74) is 2.41. The van der Waals surface area contributed by atoms with Gasteiger partial charge in [-0.15, -0.1) is 0 Å². The molecule has 0 spiro atoms. The number of halogens is 1. The molecule has 1 N–H and O–H groups in total. The monoisotopic (exact) mass is 255 g/mol. The van der Waals surface area contributed by atoms with Crippen LogP contribution in [0, 0.1) is 12.3 Å². The lowest BCUT2D eigenvalue weighted by molar-refractivity contribution is 0.281. The molecule has 0 aromatic carbocycles. The van der Waals surface area contributed by atoms with E-state index in [9.17, 15) is 0 Å². The van der Waals surface area contributed by atoms with Gasteiger partial charge in [-0.1, -0.05) is 31.9 Å². The zero-order chi connectivity index (χ0) is 12.6. The third-order valence-corrected chi connectivity index (χ3v) is 4.53. The van der Waals surface area contributed by atoms with Crippen molar-refractivity contribution in [2.45, 2.75) is 52.6 Å². The normalized spacial score (nSPS) is 23.2. The molecule has 0 bridgehead atoms. The highest BCUT2D eigenvalue weighted by Gasteiger charge is 2.34. The van der Waals surface area contributed by atoms with Crippen LogP contribution in [0.15, 0.2) is 0 Å². The summed E-state index contributed by atoms with van der Waals surface area (Å²) in [6.07, 6.45) is 3.90. The van der Waals surface area contributed by atoms with Crippen molar-refractivity contribution in [3.63, 3.8) is 0 Å². The number of nitrogens with zero attached hydrogens (tertiary/aromatic N) is 2. The van der Waals surface area contributed by atoms with E-state index >= 15 is 0 Å². The van der Waals surface area contributed by atoms with Crippen LogP contribution in [0.3, 0.4) is 0 Å². The minimum Gasteiger partial charge on any atom is -0.308 e. The third kappa shape index (κ3) is 2.50. The molecule has 17 heavy (non-hydrogen) atoms. The van der Waals surface area contributed by atoms with E-state index in [2.05, 4.69) is 24.3 Å². The maximum absolute atomic E-state index is 6.25. The topological polar surface area (TPSA) is 29.9 Å². The second kappa shape index (κ2) is 4.62. The molecule has 0 saturated heterocycles. The second-order valence-electron chi connectivity index (χ2n) is 5.78. The Kier molecular flexibility index (Phi) is 3.50. The van der Waals surface area contributed by atoms with Crippen LogP contribution in [0.2, 0.25) is 5.02 Å². The Morgan fingerprint density at radius 3 is 2.71 bits per heavy atom. The first kappa shape index (κ1) is 12.9. The van der Waals surface area contributed by atoms with Crippen LogP contribution >= 0.6 is 11.6 Å². The van der Waals surface area contributed by atoms with Crippen LogP contribution in [-0.2, 0) is 13.6 Å². The quantitative estimate of drug-likeness (QED) is 0.900. The maximum atomic E-state index is 6.25. The van der Waals surface area contributed by atoms with E-state index in [1.165, 1.54) is 19.3 Å². The van der Waals surface area contributed by atoms with Crippen molar-refractivity contribution in [2.24, 2.45) is 12.5 Å². The summed E-state index contributed by atoms with van der Waals surface area (Å²) in [5.74, 6) is 0. The van der Waals surface area contributed by atoms with Crippen molar-refractivity contribution in [3.05, 3.63) is 16.4 Å². The van der Waals surface area contributed by atoms with Gasteiger partial charge in [0, 0.05) is 19.6 Å². The lowest BCUT2D eigenvalue weighted by Crippen LogP contribution is -2.37. The van der Waals surface area contributed by atoms with Crippen LogP contribution in [0.1, 0.15) is 44.5 Å². The summed E-state index contributed by atoms with van der Waals surface area (Å²) in [7, 11) is 1.95. The van der Waals surface area contributed by atoms with Crippen LogP contribution in [0.25, 0.3) is 0 Å². The highest BCUT2D eigenvalue weighted by atomic mass is 35.5. The minimum absolute atomic E-state index is 0.403. The average Bonchev–Trinajstić information content (AvgIpc) is 2.68. The summed E-state index contributed by atoms with van der Waals surface area (Å²) >= 11 is 6.25. The fourth-order valence-electron chi connectivity index (χ4n) is 2.80. The maximum Gasteiger partial charge on any atom is 0.0860 e. The molecule has 1 atom stereocenters. The van der Waals surface area contributed by atoms with Gasteiger partial charge < -0.3 is 5.32 Å². The molecular formula is C13H22ClN3. The first-order valence-corrected chi connectivity index (χ1v) is 6.71. The Morgan fingerprint density at radius 1 is 1.53 bits per heavy atom. The van der Waals surface area contributed by atoms with Crippen LogP contribution in [-0.4, -0.2) is 15.8 Å². The molecule has 0 amide bonds. The summed E-state index contributed by atoms with van der Waals surface area (Å²) in [5, 5.41) is 8.78. The largest absolute Gasteiger partial charge is 0.308 e. The van der Waals surface area contributed by atoms with E-state index in [0.717, 1.165) is 23.0 Å². The lowest BCUT2D eigenvalue weighted by atomic mass is 9.87. The van der Waals surface area contributed by atoms with Gasteiger partial charge in [0.05, 0.1) is 16.4 Å². The van der Waals surface area contributed by atoms with E-state index in [1.54, 1.807) is 0 Å². The molecule has 1 aliphatic carbocycles. The molecule has 3 nitrogen and oxygen atoms in total. The van der Waals surface area contributed by atoms with Crippen molar-refractivity contribution < 1.29 is 0 Å². The number of aryl methyl sites for hydroxylation is 2. The standard InChI is InChI=1S/C13H22ClN3/c1-9-12(14)10(17(4)16-9)8-15-11-6-5-7-13(11,2)3/h11,15H,5-8H2,1-4H3. The van der Waals surface area contributed by atoms with Gasteiger partial charge in [-0.25, -0.2) is 0 Å². The van der Waals surface area contributed by atoms with Crippen molar-refractivity contribution in [1.29, 1.82) is 0 Å². The van der Waals surface area contributed by atoms with E-state index < -0.39 is 0 Å². The molecular weight excluding hydrogens is 234 g/mol. The first-order chi connectivity index (χ1) is 7.92. The number of rotatable bonds is 3. The lowest BCUT2D eigenvalue weighted by Gasteiger charge is -2.28. The van der Waals surface area contributed by atoms with E-state index in [4.69, 9.17) is 11.6 Å². The van der Waals surface area contributed by atoms with Crippen molar-refractivity contribution in [1.82, 2.24) is 15.1 Å². The molecule has 1 aromatic heterocycles. The minimum atomic E-state index is 0.403. The van der Waals surface area contributed by atoms with Gasteiger partial charge >= 0.3 is 0 Å². The highest BCUT2D eigenvalue weighted by molar-refractivity contribution is 6.31. The molecule has 1 heterocycles. The van der Waals surface area contributed by atoms with Crippen LogP contribution in [0.4, 0.5) is 0 Å². The summed E-state index contributed by atoms with van der Waals surface area (Å²) in [6, 6.07) is 0.591. The Labute approximate surface area is 109 Å². The molecule has 1 aliphatic rings. The van der Waals surface area contributed by atoms with Crippen LogP contribution < -0.4 is 5.32 Å². The van der Waals surface area contributed by atoms with Gasteiger partial charge in [0.15, 0.2) is 0 Å². The van der Waals surface area contributed by atoms with Gasteiger partial charge in [-0.05, 0) is 25.2 Å². The van der Waals surface area contributed by atoms with Gasteiger partial charge in [-0.3, -0.25) is 4.68 Å². The molecule has 4 heteroatoms. The molecule has 1 aromatic rings. The molecule has 1 saturated carbocycles. The van der Waals surface area contributed by atoms with Crippen molar-refractivity contribution in [3.8, 4) is 0 Å². The zero-order valence-corrected chi connectivity index (χ0v) is 11.9. The summed E-state index contributed by atoms with van der Waals surface area (Å²) in [4.78, 5) is 0. The van der Waals surface area contributed by atoms with Gasteiger partial charge in [0.25, 0.3) is 0 Å². The zero-order valence-electron chi connectivity index (χ0n) is 11.2. The number of hydrogen-bond donors (Lipinski definition) is 1. The molecule has 0 aliphatic heterocycles. The van der Waals surface area contributed by atoms with E-state index in [0.29, 0.717) is 11.5 Å². The summed E-state index contributed by atoms with van der Waals surface area (Å²) < 4.78 is 1.88. The van der Waals surface area contributed by atoms with E-state index in [-0.39, 0.29) is 0 Å². The molecule has 2 rings (SSSR count). The Bertz CT molecular complexity index is 409. The highest BCUT2D eigenvalue weighted by Crippen LogP contribution is 2.37. The molecule has 1 fully saturated rings. The van der Waals surface area contributed by atoms with Crippen molar-refractivity contribution in [2.75, 3.05) is 0 Å². The number of nitrogens with one attached hydrogen (secondary N) is 1. The summed E-state index contributed by atoms with van der Waals surface area (Å²) in [6.45, 7) is 7.44. The van der Waals surface area contributed by atoms with Gasteiger partial charge in [0.2, 0.25) is 0 Å². The predicted octanol–water partition coefficient (Wildman–Crippen LogP) is 3.05. The molecule has 96 valence electrons. The fraction of sp³-hybridized carbons (Fsp3) is 0.769. The molecule has 1 unspecified atom stereocenters. The average molecular weight is 256 g/mol. The predicted molar refractivity (Wildman–Crippen MR) is 71.2 cm³/mol. The molecule has 0 radical (unpaired) electrons. The first-order valence-electron chi connectivity index (χ1n) is 6.33.